The Morgan fingerprint density at radius 2 is 1.88 bits per heavy atom. The van der Waals surface area contributed by atoms with Gasteiger partial charge in [0.05, 0.1) is 23.7 Å². The second-order valence-electron chi connectivity index (χ2n) is 11.9. The van der Waals surface area contributed by atoms with Gasteiger partial charge in [-0.2, -0.15) is 0 Å². The number of carboxylic acid groups (broad SMARTS) is 1. The molecule has 3 saturated heterocycles. The average molecular weight is 604 g/mol. The molecule has 3 aliphatic rings. The van der Waals surface area contributed by atoms with Crippen molar-refractivity contribution in [3.63, 3.8) is 0 Å². The van der Waals surface area contributed by atoms with Crippen molar-refractivity contribution in [2.75, 3.05) is 6.79 Å². The summed E-state index contributed by atoms with van der Waals surface area (Å²) in [4.78, 5) is 23.5. The Kier molecular flexibility index (Phi) is 11.1. The lowest BCUT2D eigenvalue weighted by atomic mass is 9.71. The number of fused-ring (bicyclic) bond motifs is 1. The van der Waals surface area contributed by atoms with Gasteiger partial charge in [0, 0.05) is 24.8 Å². The Morgan fingerprint density at radius 3 is 2.52 bits per heavy atom. The van der Waals surface area contributed by atoms with Crippen LogP contribution in [0.25, 0.3) is 0 Å². The van der Waals surface area contributed by atoms with Gasteiger partial charge in [-0.3, -0.25) is 4.79 Å². The van der Waals surface area contributed by atoms with E-state index in [1.807, 2.05) is 6.92 Å². The lowest BCUT2D eigenvalue weighted by Gasteiger charge is -2.54. The Labute approximate surface area is 244 Å². The zero-order valence-electron chi connectivity index (χ0n) is 24.4. The summed E-state index contributed by atoms with van der Waals surface area (Å²) >= 11 is 0. The van der Waals surface area contributed by atoms with Gasteiger partial charge in [0.2, 0.25) is 5.79 Å². The number of hydrogen-bond donors (Lipinski definition) is 5. The molecule has 0 spiro atoms. The quantitative estimate of drug-likeness (QED) is 0.103. The topological polar surface area (TPSA) is 164 Å². The van der Waals surface area contributed by atoms with Crippen LogP contribution >= 0.6 is 0 Å². The molecule has 0 aromatic heterocycles. The first-order valence-corrected chi connectivity index (χ1v) is 14.1. The first kappa shape index (κ1) is 34.2. The van der Waals surface area contributed by atoms with E-state index in [1.165, 1.54) is 19.9 Å². The van der Waals surface area contributed by atoms with Gasteiger partial charge in [-0.05, 0) is 26.2 Å². The average Bonchev–Trinajstić information content (AvgIpc) is 2.89. The van der Waals surface area contributed by atoms with Crippen LogP contribution in [0.3, 0.4) is 0 Å². The van der Waals surface area contributed by atoms with Crippen LogP contribution in [0.4, 0.5) is 8.78 Å². The van der Waals surface area contributed by atoms with E-state index in [-0.39, 0.29) is 25.2 Å². The van der Waals surface area contributed by atoms with Crippen LogP contribution in [0.1, 0.15) is 59.8 Å². The molecule has 5 N–H and O–H groups in total. The van der Waals surface area contributed by atoms with Crippen molar-refractivity contribution in [1.29, 1.82) is 0 Å². The van der Waals surface area contributed by atoms with E-state index >= 15 is 8.78 Å². The monoisotopic (exact) mass is 603 g/mol. The minimum atomic E-state index is -3.46. The summed E-state index contributed by atoms with van der Waals surface area (Å²) in [5.41, 5.74) is -1.18. The molecule has 0 saturated carbocycles. The molecule has 13 heteroatoms. The molecule has 0 aromatic rings. The number of alkyl halides is 2. The number of halogens is 2. The minimum Gasteiger partial charge on any atom is -0.478 e. The fraction of sp³-hybridized carbons (Fsp3) is 0.724. The highest BCUT2D eigenvalue weighted by atomic mass is 19.3. The molecule has 0 bridgehead atoms. The molecule has 238 valence electrons. The van der Waals surface area contributed by atoms with Crippen LogP contribution in [0.15, 0.2) is 36.5 Å². The van der Waals surface area contributed by atoms with Crippen molar-refractivity contribution in [1.82, 2.24) is 5.32 Å². The van der Waals surface area contributed by atoms with E-state index in [9.17, 15) is 24.9 Å². The standard InChI is InChI=1S/C29H43F2NO10/c1-16-14-28(38,42-18(3)17(16)2)23(36)25(37)32-26-22-24(39-15-40-26)29(30,31)27(4,5)20(41-22)13-19(33)11-9-7-6-8-10-12-21(34)35/h6,8,10,12,17-20,22-24,26,33,36,38H,1,7,9,11,13-15H2,2-5H3,(H,32,37)(H,34,35)/b8-6+,12-10+/t17?,18?,19?,20?,22-,23?,24-,26?,28+/m0/s1. The molecule has 0 aliphatic carbocycles. The van der Waals surface area contributed by atoms with Crippen molar-refractivity contribution in [2.45, 2.75) is 114 Å². The predicted octanol–water partition coefficient (Wildman–Crippen LogP) is 2.40. The summed E-state index contributed by atoms with van der Waals surface area (Å²) in [6.45, 7) is 9.45. The number of aliphatic hydroxyl groups excluding tert-OH is 2. The Bertz CT molecular complexity index is 1050. The van der Waals surface area contributed by atoms with E-state index in [0.717, 1.165) is 6.08 Å². The minimum absolute atomic E-state index is 0.119. The molecule has 11 nitrogen and oxygen atoms in total. The van der Waals surface area contributed by atoms with Crippen LogP contribution < -0.4 is 5.32 Å². The third-order valence-corrected chi connectivity index (χ3v) is 8.49. The normalized spacial score (nSPS) is 36.0. The first-order valence-electron chi connectivity index (χ1n) is 14.1. The first-order chi connectivity index (χ1) is 19.5. The largest absolute Gasteiger partial charge is 0.478 e. The van der Waals surface area contributed by atoms with Gasteiger partial charge in [-0.25, -0.2) is 13.6 Å². The predicted molar refractivity (Wildman–Crippen MR) is 145 cm³/mol. The van der Waals surface area contributed by atoms with E-state index in [0.29, 0.717) is 18.4 Å². The van der Waals surface area contributed by atoms with Gasteiger partial charge in [0.25, 0.3) is 11.8 Å². The molecule has 6 unspecified atom stereocenters. The number of allylic oxidation sites excluding steroid dienone is 3. The maximum absolute atomic E-state index is 15.8. The zero-order chi connectivity index (χ0) is 31.5. The van der Waals surface area contributed by atoms with Crippen molar-refractivity contribution in [3.8, 4) is 0 Å². The van der Waals surface area contributed by atoms with Gasteiger partial charge in [0.15, 0.2) is 18.4 Å². The second kappa shape index (κ2) is 13.6. The fourth-order valence-electron chi connectivity index (χ4n) is 5.42. The van der Waals surface area contributed by atoms with Crippen LogP contribution in [-0.4, -0.2) is 93.7 Å². The number of unbranched alkanes of at least 4 members (excludes halogenated alkanes) is 1. The number of amides is 1. The fourth-order valence-corrected chi connectivity index (χ4v) is 5.42. The summed E-state index contributed by atoms with van der Waals surface area (Å²) in [5.74, 6) is -8.03. The molecule has 9 atom stereocenters. The van der Waals surface area contributed by atoms with Gasteiger partial charge < -0.3 is 44.7 Å². The van der Waals surface area contributed by atoms with Gasteiger partial charge in [0.1, 0.15) is 12.9 Å². The van der Waals surface area contributed by atoms with Crippen LogP contribution in [-0.2, 0) is 28.5 Å². The highest BCUT2D eigenvalue weighted by Crippen LogP contribution is 2.52. The maximum Gasteiger partial charge on any atom is 0.328 e. The second-order valence-corrected chi connectivity index (χ2v) is 11.9. The number of carboxylic acids is 1. The molecular formula is C29H43F2NO10. The number of nitrogens with one attached hydrogen (secondary N) is 1. The smallest absolute Gasteiger partial charge is 0.328 e. The summed E-state index contributed by atoms with van der Waals surface area (Å²) in [5, 5.41) is 43.2. The molecule has 42 heavy (non-hydrogen) atoms. The Hall–Kier alpha value is -2.26. The number of hydrogen-bond acceptors (Lipinski definition) is 9. The highest BCUT2D eigenvalue weighted by molar-refractivity contribution is 5.82. The number of aliphatic hydroxyl groups is 3. The summed E-state index contributed by atoms with van der Waals surface area (Å²) in [6.07, 6.45) is -2.85. The Balaban J connectivity index is 1.67. The van der Waals surface area contributed by atoms with E-state index in [1.54, 1.807) is 19.1 Å². The number of carbonyl (C=O) groups excluding carboxylic acids is 1. The molecule has 1 amide bonds. The molecule has 3 aliphatic heterocycles. The van der Waals surface area contributed by atoms with E-state index < -0.39 is 78.6 Å². The Morgan fingerprint density at radius 1 is 1.19 bits per heavy atom. The van der Waals surface area contributed by atoms with Crippen molar-refractivity contribution in [3.05, 3.63) is 36.5 Å². The summed E-state index contributed by atoms with van der Waals surface area (Å²) in [6, 6.07) is 0. The number of ether oxygens (including phenoxy) is 4. The lowest BCUT2D eigenvalue weighted by molar-refractivity contribution is -0.372. The molecular weight excluding hydrogens is 560 g/mol. The van der Waals surface area contributed by atoms with E-state index in [2.05, 4.69) is 11.9 Å². The number of carbonyl (C=O) groups is 2. The highest BCUT2D eigenvalue weighted by Gasteiger charge is 2.66. The van der Waals surface area contributed by atoms with Crippen molar-refractivity contribution >= 4 is 11.9 Å². The van der Waals surface area contributed by atoms with Crippen molar-refractivity contribution < 1.29 is 57.7 Å². The molecule has 3 rings (SSSR count). The number of aliphatic carboxylic acids is 1. The lowest BCUT2D eigenvalue weighted by Crippen LogP contribution is -2.71. The maximum atomic E-state index is 15.8. The van der Waals surface area contributed by atoms with Crippen LogP contribution in [0.5, 0.6) is 0 Å². The van der Waals surface area contributed by atoms with Crippen LogP contribution in [0.2, 0.25) is 0 Å². The van der Waals surface area contributed by atoms with Gasteiger partial charge in [-0.1, -0.05) is 51.2 Å². The molecule has 3 fully saturated rings. The molecule has 0 radical (unpaired) electrons. The van der Waals surface area contributed by atoms with Gasteiger partial charge in [-0.15, -0.1) is 0 Å². The number of rotatable bonds is 11. The van der Waals surface area contributed by atoms with Crippen molar-refractivity contribution in [2.24, 2.45) is 11.3 Å². The third-order valence-electron chi connectivity index (χ3n) is 8.49. The van der Waals surface area contributed by atoms with Gasteiger partial charge >= 0.3 is 5.97 Å². The molecule has 0 aromatic carbocycles. The zero-order valence-corrected chi connectivity index (χ0v) is 24.4. The van der Waals surface area contributed by atoms with E-state index in [4.69, 9.17) is 24.1 Å². The summed E-state index contributed by atoms with van der Waals surface area (Å²) in [7, 11) is 0. The molecule has 3 heterocycles. The third kappa shape index (κ3) is 7.44. The summed E-state index contributed by atoms with van der Waals surface area (Å²) < 4.78 is 53.9. The SMILES string of the molecule is C=C1C[C@](O)(C(O)C(=O)NC2OCO[C@H]3[C@@H]2OC(CC(O)CCC/C=C/C=C/C(=O)O)C(C)(C)C3(F)F)OC(C)C1C. The van der Waals surface area contributed by atoms with Crippen LogP contribution in [0, 0.1) is 11.3 Å².